The van der Waals surface area contributed by atoms with Gasteiger partial charge in [0.15, 0.2) is 5.13 Å². The summed E-state index contributed by atoms with van der Waals surface area (Å²) in [6.45, 7) is 1.63. The summed E-state index contributed by atoms with van der Waals surface area (Å²) < 4.78 is 1.04. The molecule has 0 spiro atoms. The third-order valence-corrected chi connectivity index (χ3v) is 5.98. The van der Waals surface area contributed by atoms with Crippen molar-refractivity contribution in [2.75, 3.05) is 30.3 Å². The zero-order valence-corrected chi connectivity index (χ0v) is 16.6. The molecule has 29 heavy (non-hydrogen) atoms. The van der Waals surface area contributed by atoms with Crippen molar-refractivity contribution in [3.05, 3.63) is 48.5 Å². The molecule has 2 heterocycles. The van der Waals surface area contributed by atoms with Crippen LogP contribution in [-0.2, 0) is 9.59 Å². The molecule has 0 unspecified atom stereocenters. The molecule has 1 aromatic heterocycles. The first-order valence-corrected chi connectivity index (χ1v) is 10.4. The van der Waals surface area contributed by atoms with Gasteiger partial charge in [0, 0.05) is 5.92 Å². The minimum absolute atomic E-state index is 0.0600. The Kier molecular flexibility index (Phi) is 5.73. The number of carbonyl (C=O) groups excluding carboxylic acids is 2. The zero-order chi connectivity index (χ0) is 20.2. The van der Waals surface area contributed by atoms with E-state index in [2.05, 4.69) is 15.6 Å². The normalized spacial score (nSPS) is 15.3. The lowest BCUT2D eigenvalue weighted by Gasteiger charge is -2.30. The fraction of sp³-hybridized carbons (Fsp3) is 0.286. The number of nitrogens with one attached hydrogen (secondary N) is 2. The average Bonchev–Trinajstić information content (AvgIpc) is 3.12. The summed E-state index contributed by atoms with van der Waals surface area (Å²) in [7, 11) is 0. The van der Waals surface area contributed by atoms with Crippen LogP contribution in [0, 0.1) is 5.92 Å². The van der Waals surface area contributed by atoms with Crippen molar-refractivity contribution >= 4 is 44.2 Å². The number of hydrogen-bond donors (Lipinski definition) is 3. The summed E-state index contributed by atoms with van der Waals surface area (Å²) in [5.74, 6) is -0.255. The topological polar surface area (TPSA) is 94.6 Å². The van der Waals surface area contributed by atoms with Crippen molar-refractivity contribution < 1.29 is 14.7 Å². The van der Waals surface area contributed by atoms with Crippen molar-refractivity contribution in [3.63, 3.8) is 0 Å². The molecule has 150 valence electrons. The summed E-state index contributed by atoms with van der Waals surface area (Å²) in [6, 6.07) is 14.5. The van der Waals surface area contributed by atoms with Gasteiger partial charge in [-0.05, 0) is 50.2 Å². The number of carbonyl (C=O) groups is 2. The maximum Gasteiger partial charge on any atom is 0.240 e. The lowest BCUT2D eigenvalue weighted by Crippen LogP contribution is -2.41. The Hall–Kier alpha value is -2.97. The first-order valence-electron chi connectivity index (χ1n) is 9.55. The van der Waals surface area contributed by atoms with Crippen molar-refractivity contribution in [2.45, 2.75) is 12.8 Å². The van der Waals surface area contributed by atoms with Gasteiger partial charge in [-0.1, -0.05) is 35.6 Å². The van der Waals surface area contributed by atoms with E-state index in [1.165, 1.54) is 11.3 Å². The van der Waals surface area contributed by atoms with Crippen molar-refractivity contribution in [1.29, 1.82) is 0 Å². The minimum Gasteiger partial charge on any atom is -0.506 e. The van der Waals surface area contributed by atoms with Gasteiger partial charge in [0.1, 0.15) is 5.75 Å². The van der Waals surface area contributed by atoms with Gasteiger partial charge in [-0.25, -0.2) is 4.98 Å². The Morgan fingerprint density at radius 2 is 1.79 bits per heavy atom. The van der Waals surface area contributed by atoms with Gasteiger partial charge in [0.05, 0.1) is 22.4 Å². The van der Waals surface area contributed by atoms with E-state index < -0.39 is 0 Å². The Morgan fingerprint density at radius 3 is 2.55 bits per heavy atom. The van der Waals surface area contributed by atoms with Crippen LogP contribution in [0.25, 0.3) is 10.2 Å². The number of thiazole rings is 1. The third-order valence-electron chi connectivity index (χ3n) is 5.03. The van der Waals surface area contributed by atoms with Crippen molar-refractivity contribution in [2.24, 2.45) is 5.92 Å². The largest absolute Gasteiger partial charge is 0.506 e. The van der Waals surface area contributed by atoms with Gasteiger partial charge in [-0.3, -0.25) is 14.5 Å². The molecular formula is C21H22N4O3S. The quantitative estimate of drug-likeness (QED) is 0.561. The van der Waals surface area contributed by atoms with Crippen LogP contribution in [0.4, 0.5) is 10.8 Å². The van der Waals surface area contributed by atoms with E-state index in [4.69, 9.17) is 0 Å². The number of rotatable bonds is 5. The summed E-state index contributed by atoms with van der Waals surface area (Å²) in [5.41, 5.74) is 1.30. The fourth-order valence-electron chi connectivity index (χ4n) is 3.45. The molecule has 4 rings (SSSR count). The number of amides is 2. The SMILES string of the molecule is O=C(CN1CCC(C(=O)Nc2ccccc2O)CC1)Nc1nc2ccccc2s1. The van der Waals surface area contributed by atoms with Crippen LogP contribution in [0.5, 0.6) is 5.75 Å². The molecule has 0 aliphatic carbocycles. The average molecular weight is 410 g/mol. The maximum atomic E-state index is 12.4. The van der Waals surface area contributed by atoms with Crippen molar-refractivity contribution in [3.8, 4) is 5.75 Å². The number of nitrogens with zero attached hydrogens (tertiary/aromatic N) is 2. The van der Waals surface area contributed by atoms with Crippen molar-refractivity contribution in [1.82, 2.24) is 9.88 Å². The lowest BCUT2D eigenvalue weighted by molar-refractivity contribution is -0.121. The number of likely N-dealkylation sites (tertiary alicyclic amines) is 1. The Bertz CT molecular complexity index is 994. The van der Waals surface area contributed by atoms with E-state index in [1.807, 2.05) is 29.2 Å². The number of piperidine rings is 1. The van der Waals surface area contributed by atoms with E-state index >= 15 is 0 Å². The first kappa shape index (κ1) is 19.4. The van der Waals surface area contributed by atoms with Gasteiger partial charge in [0.2, 0.25) is 11.8 Å². The van der Waals surface area contributed by atoms with Gasteiger partial charge in [-0.2, -0.15) is 0 Å². The Labute approximate surface area is 172 Å². The predicted octanol–water partition coefficient (Wildman–Crippen LogP) is 3.29. The summed E-state index contributed by atoms with van der Waals surface area (Å²) in [5, 5.41) is 16.1. The number of fused-ring (bicyclic) bond motifs is 1. The summed E-state index contributed by atoms with van der Waals surface area (Å²) in [4.78, 5) is 31.3. The molecule has 1 saturated heterocycles. The summed E-state index contributed by atoms with van der Waals surface area (Å²) >= 11 is 1.46. The lowest BCUT2D eigenvalue weighted by atomic mass is 9.95. The fourth-order valence-corrected chi connectivity index (χ4v) is 4.34. The second-order valence-corrected chi connectivity index (χ2v) is 8.12. The number of aromatic nitrogens is 1. The molecular weight excluding hydrogens is 388 g/mol. The van der Waals surface area contributed by atoms with Gasteiger partial charge in [0.25, 0.3) is 0 Å². The molecule has 0 saturated carbocycles. The standard InChI is InChI=1S/C21H22N4O3S/c26-17-7-3-1-5-15(17)22-20(28)14-9-11-25(12-10-14)13-19(27)24-21-23-16-6-2-4-8-18(16)29-21/h1-8,14,26H,9-13H2,(H,22,28)(H,23,24,27). The van der Waals surface area contributed by atoms with Crippen LogP contribution in [-0.4, -0.2) is 46.4 Å². The molecule has 0 atom stereocenters. The Morgan fingerprint density at radius 1 is 1.07 bits per heavy atom. The second kappa shape index (κ2) is 8.59. The molecule has 0 bridgehead atoms. The molecule has 2 amide bonds. The number of aromatic hydroxyl groups is 1. The molecule has 1 fully saturated rings. The summed E-state index contributed by atoms with van der Waals surface area (Å²) in [6.07, 6.45) is 1.35. The number of phenols is 1. The molecule has 3 aromatic rings. The molecule has 2 aromatic carbocycles. The number of phenolic OH excluding ortho intramolecular Hbond substituents is 1. The van der Waals surface area contributed by atoms with Crippen LogP contribution in [0.1, 0.15) is 12.8 Å². The van der Waals surface area contributed by atoms with E-state index in [0.29, 0.717) is 36.8 Å². The van der Waals surface area contributed by atoms with Crippen LogP contribution >= 0.6 is 11.3 Å². The highest BCUT2D eigenvalue weighted by atomic mass is 32.1. The molecule has 1 aliphatic heterocycles. The molecule has 7 nitrogen and oxygen atoms in total. The highest BCUT2D eigenvalue weighted by Crippen LogP contribution is 2.26. The number of para-hydroxylation sites is 3. The highest BCUT2D eigenvalue weighted by molar-refractivity contribution is 7.22. The first-order chi connectivity index (χ1) is 14.1. The van der Waals surface area contributed by atoms with Crippen LogP contribution < -0.4 is 10.6 Å². The van der Waals surface area contributed by atoms with Gasteiger partial charge < -0.3 is 15.7 Å². The van der Waals surface area contributed by atoms with E-state index in [0.717, 1.165) is 10.2 Å². The van der Waals surface area contributed by atoms with Crippen LogP contribution in [0.15, 0.2) is 48.5 Å². The zero-order valence-electron chi connectivity index (χ0n) is 15.8. The van der Waals surface area contributed by atoms with Crippen LogP contribution in [0.2, 0.25) is 0 Å². The number of anilines is 2. The van der Waals surface area contributed by atoms with E-state index in [1.54, 1.807) is 24.3 Å². The molecule has 8 heteroatoms. The van der Waals surface area contributed by atoms with E-state index in [-0.39, 0.29) is 30.0 Å². The molecule has 3 N–H and O–H groups in total. The molecule has 1 aliphatic rings. The van der Waals surface area contributed by atoms with Gasteiger partial charge in [-0.15, -0.1) is 0 Å². The highest BCUT2D eigenvalue weighted by Gasteiger charge is 2.26. The monoisotopic (exact) mass is 410 g/mol. The second-order valence-electron chi connectivity index (χ2n) is 7.09. The van der Waals surface area contributed by atoms with Crippen LogP contribution in [0.3, 0.4) is 0 Å². The Balaban J connectivity index is 1.25. The smallest absolute Gasteiger partial charge is 0.240 e. The van der Waals surface area contributed by atoms with Gasteiger partial charge >= 0.3 is 0 Å². The van der Waals surface area contributed by atoms with E-state index in [9.17, 15) is 14.7 Å². The maximum absolute atomic E-state index is 12.4. The number of benzene rings is 2. The predicted molar refractivity (Wildman–Crippen MR) is 114 cm³/mol. The minimum atomic E-state index is -0.127. The number of hydrogen-bond acceptors (Lipinski definition) is 6. The molecule has 0 radical (unpaired) electrons. The third kappa shape index (κ3) is 4.72.